The predicted molar refractivity (Wildman–Crippen MR) is 46.7 cm³/mol. The standard InChI is InChI=1S/C6H9F3O4S2/c7-6(8,9)15(12,13)5-2-1-3-14(10,11)4-5/h5H,1-4H2. The number of sulfone groups is 2. The van der Waals surface area contributed by atoms with Crippen LogP contribution < -0.4 is 0 Å². The van der Waals surface area contributed by atoms with E-state index in [2.05, 4.69) is 0 Å². The summed E-state index contributed by atoms with van der Waals surface area (Å²) < 4.78 is 80.1. The number of rotatable bonds is 1. The first-order chi connectivity index (χ1) is 6.56. The minimum absolute atomic E-state index is 0.0394. The molecule has 0 amide bonds. The van der Waals surface area contributed by atoms with Crippen LogP contribution in [-0.4, -0.2) is 39.1 Å². The van der Waals surface area contributed by atoms with Gasteiger partial charge in [0, 0.05) is 0 Å². The Hall–Kier alpha value is -0.310. The van der Waals surface area contributed by atoms with E-state index in [-0.39, 0.29) is 18.6 Å². The van der Waals surface area contributed by atoms with Crippen LogP contribution in [0.5, 0.6) is 0 Å². The maximum atomic E-state index is 12.1. The van der Waals surface area contributed by atoms with E-state index in [1.165, 1.54) is 0 Å². The zero-order valence-corrected chi connectivity index (χ0v) is 9.12. The van der Waals surface area contributed by atoms with E-state index in [0.29, 0.717) is 0 Å². The van der Waals surface area contributed by atoms with Crippen LogP contribution in [0.4, 0.5) is 13.2 Å². The van der Waals surface area contributed by atoms with Gasteiger partial charge in [0.15, 0.2) is 9.84 Å². The van der Waals surface area contributed by atoms with Crippen LogP contribution in [-0.2, 0) is 19.7 Å². The average Bonchev–Trinajstić information content (AvgIpc) is 2.00. The van der Waals surface area contributed by atoms with Crippen LogP contribution in [0.25, 0.3) is 0 Å². The summed E-state index contributed by atoms with van der Waals surface area (Å²) in [4.78, 5) is 0. The Kier molecular flexibility index (Phi) is 3.08. The van der Waals surface area contributed by atoms with E-state index < -0.39 is 36.2 Å². The van der Waals surface area contributed by atoms with E-state index in [1.807, 2.05) is 0 Å². The molecule has 1 unspecified atom stereocenters. The smallest absolute Gasteiger partial charge is 0.229 e. The van der Waals surface area contributed by atoms with Crippen LogP contribution in [0.3, 0.4) is 0 Å². The van der Waals surface area contributed by atoms with Crippen molar-refractivity contribution >= 4 is 19.7 Å². The summed E-state index contributed by atoms with van der Waals surface area (Å²) in [6.07, 6.45) is -0.288. The summed E-state index contributed by atoms with van der Waals surface area (Å²) in [5, 5.41) is -1.84. The van der Waals surface area contributed by atoms with Gasteiger partial charge in [-0.3, -0.25) is 0 Å². The molecule has 0 aromatic rings. The molecule has 0 aromatic carbocycles. The van der Waals surface area contributed by atoms with Gasteiger partial charge in [0.1, 0.15) is 0 Å². The number of alkyl halides is 3. The number of hydrogen-bond donors (Lipinski definition) is 0. The van der Waals surface area contributed by atoms with Crippen LogP contribution in [0.15, 0.2) is 0 Å². The molecule has 0 spiro atoms. The average molecular weight is 266 g/mol. The molecule has 1 rings (SSSR count). The second-order valence-electron chi connectivity index (χ2n) is 3.37. The van der Waals surface area contributed by atoms with Gasteiger partial charge in [-0.1, -0.05) is 0 Å². The second kappa shape index (κ2) is 3.62. The zero-order valence-electron chi connectivity index (χ0n) is 7.49. The summed E-state index contributed by atoms with van der Waals surface area (Å²) in [5.41, 5.74) is -5.37. The number of hydrogen-bond acceptors (Lipinski definition) is 4. The third-order valence-electron chi connectivity index (χ3n) is 2.18. The Bertz CT molecular complexity index is 433. The molecule has 1 fully saturated rings. The molecule has 1 aliphatic rings. The Morgan fingerprint density at radius 1 is 1.20 bits per heavy atom. The van der Waals surface area contributed by atoms with Crippen molar-refractivity contribution in [1.82, 2.24) is 0 Å². The molecule has 90 valence electrons. The highest BCUT2D eigenvalue weighted by atomic mass is 32.2. The van der Waals surface area contributed by atoms with E-state index in [1.54, 1.807) is 0 Å². The van der Waals surface area contributed by atoms with Crippen molar-refractivity contribution in [1.29, 1.82) is 0 Å². The predicted octanol–water partition coefficient (Wildman–Crippen LogP) is 0.498. The fraction of sp³-hybridized carbons (Fsp3) is 1.00. The first-order valence-corrected chi connectivity index (χ1v) is 7.43. The lowest BCUT2D eigenvalue weighted by atomic mass is 10.3. The molecular formula is C6H9F3O4S2. The largest absolute Gasteiger partial charge is 0.497 e. The first kappa shape index (κ1) is 12.8. The van der Waals surface area contributed by atoms with Gasteiger partial charge in [-0.15, -0.1) is 0 Å². The van der Waals surface area contributed by atoms with E-state index >= 15 is 0 Å². The van der Waals surface area contributed by atoms with Crippen molar-refractivity contribution in [3.63, 3.8) is 0 Å². The normalized spacial score (nSPS) is 27.5. The Labute approximate surface area is 85.3 Å². The SMILES string of the molecule is O=S1(=O)CCCC(S(=O)(=O)C(F)(F)F)C1. The maximum absolute atomic E-state index is 12.1. The highest BCUT2D eigenvalue weighted by molar-refractivity contribution is 7.96. The highest BCUT2D eigenvalue weighted by Gasteiger charge is 2.52. The molecule has 0 saturated carbocycles. The van der Waals surface area contributed by atoms with Crippen molar-refractivity contribution in [3.05, 3.63) is 0 Å². The molecule has 4 nitrogen and oxygen atoms in total. The van der Waals surface area contributed by atoms with Gasteiger partial charge >= 0.3 is 5.51 Å². The lowest BCUT2D eigenvalue weighted by Gasteiger charge is -2.22. The highest BCUT2D eigenvalue weighted by Crippen LogP contribution is 2.31. The molecule has 15 heavy (non-hydrogen) atoms. The molecule has 0 N–H and O–H groups in total. The fourth-order valence-corrected chi connectivity index (χ4v) is 5.11. The Morgan fingerprint density at radius 3 is 2.13 bits per heavy atom. The quantitative estimate of drug-likeness (QED) is 0.693. The lowest BCUT2D eigenvalue weighted by Crippen LogP contribution is -2.41. The molecule has 1 aliphatic heterocycles. The molecule has 1 atom stereocenters. The topological polar surface area (TPSA) is 68.3 Å². The molecule has 0 radical (unpaired) electrons. The van der Waals surface area contributed by atoms with Crippen molar-refractivity contribution in [2.75, 3.05) is 11.5 Å². The minimum atomic E-state index is -5.37. The lowest BCUT2D eigenvalue weighted by molar-refractivity contribution is -0.0443. The van der Waals surface area contributed by atoms with Gasteiger partial charge < -0.3 is 0 Å². The summed E-state index contributed by atoms with van der Waals surface area (Å²) in [6, 6.07) is 0. The summed E-state index contributed by atoms with van der Waals surface area (Å²) in [7, 11) is -9.00. The molecule has 0 aromatic heterocycles. The van der Waals surface area contributed by atoms with Gasteiger partial charge in [0.25, 0.3) is 9.84 Å². The van der Waals surface area contributed by atoms with Crippen molar-refractivity contribution in [2.45, 2.75) is 23.6 Å². The van der Waals surface area contributed by atoms with Crippen LogP contribution >= 0.6 is 0 Å². The monoisotopic (exact) mass is 266 g/mol. The summed E-state index contributed by atoms with van der Waals surface area (Å²) in [6.45, 7) is 0. The van der Waals surface area contributed by atoms with Gasteiger partial charge in [-0.05, 0) is 12.8 Å². The van der Waals surface area contributed by atoms with E-state index in [4.69, 9.17) is 0 Å². The van der Waals surface area contributed by atoms with Gasteiger partial charge in [-0.25, -0.2) is 16.8 Å². The molecule has 0 aliphatic carbocycles. The maximum Gasteiger partial charge on any atom is 0.497 e. The fourth-order valence-electron chi connectivity index (χ4n) is 1.41. The van der Waals surface area contributed by atoms with Crippen molar-refractivity contribution in [2.24, 2.45) is 0 Å². The van der Waals surface area contributed by atoms with Crippen molar-refractivity contribution in [3.8, 4) is 0 Å². The first-order valence-electron chi connectivity index (χ1n) is 4.07. The van der Waals surface area contributed by atoms with Crippen LogP contribution in [0.1, 0.15) is 12.8 Å². The van der Waals surface area contributed by atoms with Gasteiger partial charge in [0.2, 0.25) is 0 Å². The van der Waals surface area contributed by atoms with E-state index in [9.17, 15) is 30.0 Å². The van der Waals surface area contributed by atoms with Crippen molar-refractivity contribution < 1.29 is 30.0 Å². The third kappa shape index (κ3) is 2.63. The minimum Gasteiger partial charge on any atom is -0.229 e. The second-order valence-corrected chi connectivity index (χ2v) is 7.82. The molecule has 1 heterocycles. The molecule has 0 bridgehead atoms. The van der Waals surface area contributed by atoms with Crippen LogP contribution in [0, 0.1) is 0 Å². The van der Waals surface area contributed by atoms with Gasteiger partial charge in [-0.2, -0.15) is 13.2 Å². The van der Waals surface area contributed by atoms with Gasteiger partial charge in [0.05, 0.1) is 16.8 Å². The zero-order chi connectivity index (χ0) is 11.9. The van der Waals surface area contributed by atoms with E-state index in [0.717, 1.165) is 0 Å². The Balaban J connectivity index is 3.01. The molecular weight excluding hydrogens is 257 g/mol. The van der Waals surface area contributed by atoms with Crippen LogP contribution in [0.2, 0.25) is 0 Å². The Morgan fingerprint density at radius 2 is 1.73 bits per heavy atom. The summed E-state index contributed by atoms with van der Waals surface area (Å²) in [5.74, 6) is -1.16. The number of halogens is 3. The molecule has 9 heteroatoms. The molecule has 1 saturated heterocycles. The summed E-state index contributed by atoms with van der Waals surface area (Å²) >= 11 is 0. The third-order valence-corrected chi connectivity index (χ3v) is 6.14.